The fraction of sp³-hybridized carbons (Fsp3) is 0. The van der Waals surface area contributed by atoms with Gasteiger partial charge in [-0.3, -0.25) is 0 Å². The van der Waals surface area contributed by atoms with Crippen molar-refractivity contribution in [3.05, 3.63) is 0 Å². The first-order chi connectivity index (χ1) is 3.00. The third kappa shape index (κ3) is 230. The van der Waals surface area contributed by atoms with Gasteiger partial charge in [-0.15, -0.1) is 0 Å². The molecule has 0 aliphatic rings. The van der Waals surface area contributed by atoms with Gasteiger partial charge in [0.15, 0.2) is 0 Å². The molecule has 5 nitrogen and oxygen atoms in total. The summed E-state index contributed by atoms with van der Waals surface area (Å²) in [5.74, 6) is 0. The third-order valence-corrected chi connectivity index (χ3v) is 0. The Balaban J connectivity index is -0.0000000286. The Morgan fingerprint density at radius 1 is 1.11 bits per heavy atom. The van der Waals surface area contributed by atoms with Gasteiger partial charge < -0.3 is 19.2 Å². The molecule has 0 bridgehead atoms. The molecule has 0 N–H and O–H groups in total. The summed E-state index contributed by atoms with van der Waals surface area (Å²) in [6, 6.07) is 0. The van der Waals surface area contributed by atoms with Crippen molar-refractivity contribution in [2.75, 3.05) is 0 Å². The van der Waals surface area contributed by atoms with Crippen molar-refractivity contribution < 1.29 is 74.7 Å². The summed E-state index contributed by atoms with van der Waals surface area (Å²) in [7, 11) is -5.39. The van der Waals surface area contributed by atoms with Crippen molar-refractivity contribution in [2.24, 2.45) is 0 Å². The minimum atomic E-state index is -5.39. The molecular weight excluding hydrogens is 232 g/mol. The molecule has 0 spiro atoms. The van der Waals surface area contributed by atoms with Gasteiger partial charge in [-0.25, -0.2) is 0 Å². The topological polar surface area (TPSA) is 103 Å². The summed E-state index contributed by atoms with van der Waals surface area (Å²) >= 11 is 1.69. The summed E-state index contributed by atoms with van der Waals surface area (Å²) < 4.78 is 16.6. The van der Waals surface area contributed by atoms with Gasteiger partial charge in [0.25, 0.3) is 0 Å². The van der Waals surface area contributed by atoms with Crippen LogP contribution in [0.1, 0.15) is 0 Å². The second-order valence-electron chi connectivity index (χ2n) is 0.447. The second-order valence-corrected chi connectivity index (χ2v) is 1.34. The van der Waals surface area contributed by atoms with Crippen molar-refractivity contribution >= 4 is 7.82 Å². The molecule has 0 saturated heterocycles. The van der Waals surface area contributed by atoms with E-state index in [1.165, 1.54) is 0 Å². The molecule has 52 valence electrons. The van der Waals surface area contributed by atoms with Crippen molar-refractivity contribution in [1.82, 2.24) is 0 Å². The number of phosphoric acid groups is 1. The Kier molecular flexibility index (Phi) is 30.5. The predicted octanol–water partition coefficient (Wildman–Crippen LogP) is -5.94. The van der Waals surface area contributed by atoms with Gasteiger partial charge in [-0.05, 0) is 0 Å². The molecule has 0 fully saturated rings. The molecule has 0 aliphatic carbocycles. The Labute approximate surface area is 82.2 Å². The maximum absolute atomic E-state index is 8.55. The fourth-order valence-electron chi connectivity index (χ4n) is 0. The second kappa shape index (κ2) is 12.2. The quantitative estimate of drug-likeness (QED) is 0.305. The van der Waals surface area contributed by atoms with Crippen LogP contribution in [0, 0.1) is 0 Å². The average molecular weight is 232 g/mol. The van der Waals surface area contributed by atoms with Gasteiger partial charge in [0, 0.05) is 0 Å². The van der Waals surface area contributed by atoms with Crippen LogP contribution in [0.4, 0.5) is 0 Å². The fourth-order valence-corrected chi connectivity index (χ4v) is 0. The zero-order chi connectivity index (χ0) is 6.50. The molecule has 0 rings (SSSR count). The van der Waals surface area contributed by atoms with E-state index < -0.39 is 7.82 Å². The summed E-state index contributed by atoms with van der Waals surface area (Å²) in [6.07, 6.45) is 0. The van der Waals surface area contributed by atoms with E-state index in [1.54, 1.807) is 15.9 Å². The molecule has 0 atom stereocenters. The molecule has 9 heavy (non-hydrogen) atoms. The monoisotopic (exact) mass is 232 g/mol. The normalized spacial score (nSPS) is 7.00. The van der Waals surface area contributed by atoms with Crippen molar-refractivity contribution in [1.29, 1.82) is 0 Å². The molecule has 0 amide bonds. The average Bonchev–Trinajstić information content (AvgIpc) is 1.36. The number of hydrogen-bond acceptors (Lipinski definition) is 5. The van der Waals surface area contributed by atoms with Crippen molar-refractivity contribution in [3.63, 3.8) is 0 Å². The van der Waals surface area contributed by atoms with Crippen LogP contribution in [0.3, 0.4) is 0 Å². The van der Waals surface area contributed by atoms with Crippen molar-refractivity contribution in [3.8, 4) is 0 Å². The summed E-state index contributed by atoms with van der Waals surface area (Å²) in [6.45, 7) is 0. The van der Waals surface area contributed by atoms with E-state index in [4.69, 9.17) is 23.1 Å². The first kappa shape index (κ1) is 22.4. The zero-order valence-corrected chi connectivity index (χ0v) is 7.32. The van der Waals surface area contributed by atoms with Gasteiger partial charge in [-0.1, -0.05) is 0 Å². The van der Waals surface area contributed by atoms with Gasteiger partial charge in [0.05, 0.1) is 0 Å². The summed E-state index contributed by atoms with van der Waals surface area (Å²) in [4.78, 5) is 25.6. The SMILES string of the molecule is O=P([O-])([O-])[O-].[Co+2].[Li+].[O]=[Mn]. The van der Waals surface area contributed by atoms with Crippen LogP contribution in [-0.2, 0) is 41.1 Å². The Bertz CT molecular complexity index is 72.8. The Morgan fingerprint density at radius 3 is 1.11 bits per heavy atom. The van der Waals surface area contributed by atoms with Crippen LogP contribution in [0.5, 0.6) is 0 Å². The van der Waals surface area contributed by atoms with Gasteiger partial charge >= 0.3 is 55.4 Å². The van der Waals surface area contributed by atoms with Gasteiger partial charge in [0.2, 0.25) is 0 Å². The van der Waals surface area contributed by atoms with E-state index in [0.717, 1.165) is 0 Å². The molecule has 9 heteroatoms. The number of hydrogen-bond donors (Lipinski definition) is 0. The third-order valence-electron chi connectivity index (χ3n) is 0. The van der Waals surface area contributed by atoms with E-state index in [9.17, 15) is 0 Å². The molecule has 0 aliphatic heterocycles. The Morgan fingerprint density at radius 2 is 1.11 bits per heavy atom. The molecule has 0 aromatic rings. The van der Waals surface area contributed by atoms with Gasteiger partial charge in [0.1, 0.15) is 0 Å². The molecule has 0 aromatic heterocycles. The predicted molar refractivity (Wildman–Crippen MR) is 8.29 cm³/mol. The van der Waals surface area contributed by atoms with E-state index in [-0.39, 0.29) is 35.6 Å². The van der Waals surface area contributed by atoms with Crippen molar-refractivity contribution in [2.45, 2.75) is 0 Å². The molecule has 0 aromatic carbocycles. The summed E-state index contributed by atoms with van der Waals surface area (Å²) in [5.41, 5.74) is 0. The molecular formula is CoLiMnO5P. The molecule has 0 unspecified atom stereocenters. The van der Waals surface area contributed by atoms with Crippen LogP contribution in [0.15, 0.2) is 0 Å². The van der Waals surface area contributed by atoms with Gasteiger partial charge in [-0.2, -0.15) is 7.82 Å². The minimum absolute atomic E-state index is 0. The molecule has 0 saturated carbocycles. The zero-order valence-electron chi connectivity index (χ0n) is 4.20. The van der Waals surface area contributed by atoms with E-state index in [2.05, 4.69) is 0 Å². The standard InChI is InChI=1S/Co.Li.Mn.H3O4P.O/c;;;1-5(2,3)4;/h;;;(H3,1,2,3,4);/q+2;+1;;;/p-3. The van der Waals surface area contributed by atoms with Crippen LogP contribution in [-0.4, -0.2) is 0 Å². The summed E-state index contributed by atoms with van der Waals surface area (Å²) in [5, 5.41) is 0. The van der Waals surface area contributed by atoms with Crippen LogP contribution < -0.4 is 33.5 Å². The van der Waals surface area contributed by atoms with Crippen LogP contribution in [0.25, 0.3) is 0 Å². The first-order valence-electron chi connectivity index (χ1n) is 0.885. The molecule has 0 heterocycles. The first-order valence-corrected chi connectivity index (χ1v) is 2.83. The van der Waals surface area contributed by atoms with E-state index in [0.29, 0.717) is 0 Å². The van der Waals surface area contributed by atoms with Crippen LogP contribution >= 0.6 is 7.82 Å². The molecule has 1 radical (unpaired) electrons. The van der Waals surface area contributed by atoms with E-state index in [1.807, 2.05) is 0 Å². The maximum atomic E-state index is 8.55. The van der Waals surface area contributed by atoms with Crippen LogP contribution in [0.2, 0.25) is 0 Å². The van der Waals surface area contributed by atoms with E-state index >= 15 is 0 Å². The number of rotatable bonds is 0. The Hall–Kier alpha value is 1.53.